The molecule has 1 saturated carbocycles. The molecule has 32 heavy (non-hydrogen) atoms. The minimum Gasteiger partial charge on any atom is -0.497 e. The second-order valence-corrected chi connectivity index (χ2v) is 8.98. The van der Waals surface area contributed by atoms with E-state index < -0.39 is 0 Å². The van der Waals surface area contributed by atoms with E-state index in [1.807, 2.05) is 26.0 Å². The Balaban J connectivity index is 1.96. The fraction of sp³-hybridized carbons (Fsp3) is 0.481. The molecule has 1 unspecified atom stereocenters. The van der Waals surface area contributed by atoms with Crippen molar-refractivity contribution in [2.75, 3.05) is 7.11 Å². The number of methoxy groups -OCH3 is 1. The van der Waals surface area contributed by atoms with Crippen molar-refractivity contribution in [1.29, 1.82) is 0 Å². The molecule has 0 spiro atoms. The molecule has 5 nitrogen and oxygen atoms in total. The summed E-state index contributed by atoms with van der Waals surface area (Å²) in [5.74, 6) is 0.571. The third-order valence-electron chi connectivity index (χ3n) is 6.35. The van der Waals surface area contributed by atoms with Crippen LogP contribution in [-0.4, -0.2) is 30.0 Å². The number of benzene rings is 2. The molecule has 0 aromatic heterocycles. The number of aryl methyl sites for hydroxylation is 2. The van der Waals surface area contributed by atoms with E-state index in [4.69, 9.17) is 4.74 Å². The summed E-state index contributed by atoms with van der Waals surface area (Å²) in [5, 5.41) is 1.63. The van der Waals surface area contributed by atoms with Crippen LogP contribution in [0.2, 0.25) is 0 Å². The zero-order chi connectivity index (χ0) is 23.1. The third kappa shape index (κ3) is 5.90. The fourth-order valence-electron chi connectivity index (χ4n) is 4.85. The van der Waals surface area contributed by atoms with Crippen LogP contribution in [0.4, 0.5) is 0 Å². The summed E-state index contributed by atoms with van der Waals surface area (Å²) in [4.78, 5) is 27.0. The maximum absolute atomic E-state index is 13.8. The van der Waals surface area contributed by atoms with E-state index in [0.29, 0.717) is 22.8 Å². The zero-order valence-corrected chi connectivity index (χ0v) is 19.8. The average Bonchev–Trinajstić information content (AvgIpc) is 2.80. The quantitative estimate of drug-likeness (QED) is 0.554. The maximum atomic E-state index is 13.8. The number of rotatable bonds is 7. The Bertz CT molecular complexity index is 914. The highest BCUT2D eigenvalue weighted by atomic mass is 16.5. The molecule has 2 aromatic carbocycles. The Hall–Kier alpha value is -2.82. The Labute approximate surface area is 192 Å². The fourth-order valence-corrected chi connectivity index (χ4v) is 4.85. The van der Waals surface area contributed by atoms with Crippen molar-refractivity contribution in [2.45, 2.75) is 71.8 Å². The van der Waals surface area contributed by atoms with Gasteiger partial charge in [0.1, 0.15) is 5.75 Å². The average molecular weight is 437 g/mol. The third-order valence-corrected chi connectivity index (χ3v) is 6.35. The lowest BCUT2D eigenvalue weighted by Crippen LogP contribution is -2.54. The van der Waals surface area contributed by atoms with E-state index in [9.17, 15) is 9.59 Å². The van der Waals surface area contributed by atoms with Crippen LogP contribution < -0.4 is 10.2 Å². The van der Waals surface area contributed by atoms with E-state index in [0.717, 1.165) is 36.8 Å². The van der Waals surface area contributed by atoms with Gasteiger partial charge < -0.3 is 4.74 Å². The number of hydrogen-bond donors (Lipinski definition) is 1. The summed E-state index contributed by atoms with van der Waals surface area (Å²) >= 11 is 0. The van der Waals surface area contributed by atoms with Gasteiger partial charge in [-0.25, -0.2) is 5.01 Å². The number of amides is 2. The molecule has 0 radical (unpaired) electrons. The molecule has 0 heterocycles. The first-order valence-electron chi connectivity index (χ1n) is 11.8. The van der Waals surface area contributed by atoms with Crippen molar-refractivity contribution in [1.82, 2.24) is 10.4 Å². The molecular formula is C27H36N2O3. The number of hydrazine groups is 1. The highest BCUT2D eigenvalue weighted by molar-refractivity contribution is 5.99. The molecule has 1 atom stereocenters. The van der Waals surface area contributed by atoms with Crippen molar-refractivity contribution in [3.8, 4) is 5.75 Å². The second kappa shape index (κ2) is 11.2. The summed E-state index contributed by atoms with van der Waals surface area (Å²) in [6.07, 6.45) is 7.61. The van der Waals surface area contributed by atoms with Crippen LogP contribution in [0.25, 0.3) is 0 Å². The van der Waals surface area contributed by atoms with Gasteiger partial charge in [0.2, 0.25) is 0 Å². The molecular weight excluding hydrogens is 400 g/mol. The van der Waals surface area contributed by atoms with Gasteiger partial charge in [0, 0.05) is 11.1 Å². The van der Waals surface area contributed by atoms with Gasteiger partial charge in [-0.2, -0.15) is 0 Å². The summed E-state index contributed by atoms with van der Waals surface area (Å²) in [6.45, 7) is 6.13. The van der Waals surface area contributed by atoms with E-state index in [1.165, 1.54) is 19.3 Å². The lowest BCUT2D eigenvalue weighted by atomic mass is 9.81. The highest BCUT2D eigenvalue weighted by Gasteiger charge is 2.33. The van der Waals surface area contributed by atoms with Gasteiger partial charge in [0.25, 0.3) is 11.8 Å². The molecule has 0 aliphatic heterocycles. The van der Waals surface area contributed by atoms with Gasteiger partial charge >= 0.3 is 0 Å². The summed E-state index contributed by atoms with van der Waals surface area (Å²) in [5.41, 5.74) is 6.16. The molecule has 1 N–H and O–H groups in total. The van der Waals surface area contributed by atoms with Crippen molar-refractivity contribution in [3.05, 3.63) is 64.7 Å². The normalized spacial score (nSPS) is 15.1. The van der Waals surface area contributed by atoms with Gasteiger partial charge in [0.05, 0.1) is 13.2 Å². The first-order valence-corrected chi connectivity index (χ1v) is 11.8. The van der Waals surface area contributed by atoms with E-state index in [-0.39, 0.29) is 17.9 Å². The molecule has 1 aliphatic carbocycles. The number of hydrogen-bond acceptors (Lipinski definition) is 3. The largest absolute Gasteiger partial charge is 0.497 e. The summed E-state index contributed by atoms with van der Waals surface area (Å²) in [7, 11) is 1.58. The van der Waals surface area contributed by atoms with E-state index >= 15 is 0 Å². The van der Waals surface area contributed by atoms with Crippen LogP contribution in [-0.2, 0) is 0 Å². The maximum Gasteiger partial charge on any atom is 0.272 e. The summed E-state index contributed by atoms with van der Waals surface area (Å²) in [6, 6.07) is 12.9. The van der Waals surface area contributed by atoms with Crippen molar-refractivity contribution >= 4 is 11.8 Å². The SMILES string of the molecule is CCCC(C1CCCCC1)N(NC(=O)c1cccc(OC)c1)C(=O)c1cc(C)cc(C)c1. The molecule has 0 bridgehead atoms. The Kier molecular flexibility index (Phi) is 8.32. The standard InChI is InChI=1S/C27H36N2O3/c1-5-10-25(21-11-7-6-8-12-21)29(27(31)23-16-19(2)15-20(3)17-23)28-26(30)22-13-9-14-24(18-22)32-4/h9,13-18,21,25H,5-8,10-12H2,1-4H3,(H,28,30). The smallest absolute Gasteiger partial charge is 0.272 e. The zero-order valence-electron chi connectivity index (χ0n) is 19.8. The number of ether oxygens (including phenoxy) is 1. The lowest BCUT2D eigenvalue weighted by Gasteiger charge is -2.39. The van der Waals surface area contributed by atoms with Gasteiger partial charge in [-0.1, -0.05) is 55.9 Å². The van der Waals surface area contributed by atoms with Crippen LogP contribution in [0, 0.1) is 19.8 Å². The lowest BCUT2D eigenvalue weighted by molar-refractivity contribution is 0.0333. The second-order valence-electron chi connectivity index (χ2n) is 8.98. The van der Waals surface area contributed by atoms with Gasteiger partial charge in [-0.15, -0.1) is 0 Å². The van der Waals surface area contributed by atoms with Crippen LogP contribution in [0.5, 0.6) is 5.75 Å². The van der Waals surface area contributed by atoms with Gasteiger partial charge in [-0.05, 0) is 69.4 Å². The van der Waals surface area contributed by atoms with Gasteiger partial charge in [-0.3, -0.25) is 15.0 Å². The Morgan fingerprint density at radius 1 is 1.03 bits per heavy atom. The highest BCUT2D eigenvalue weighted by Crippen LogP contribution is 2.31. The topological polar surface area (TPSA) is 58.6 Å². The minimum atomic E-state index is -0.293. The van der Waals surface area contributed by atoms with Crippen molar-refractivity contribution in [2.24, 2.45) is 5.92 Å². The molecule has 1 fully saturated rings. The molecule has 2 aromatic rings. The van der Waals surface area contributed by atoms with Crippen LogP contribution >= 0.6 is 0 Å². The van der Waals surface area contributed by atoms with E-state index in [1.54, 1.807) is 36.4 Å². The van der Waals surface area contributed by atoms with Crippen LogP contribution in [0.1, 0.15) is 83.7 Å². The van der Waals surface area contributed by atoms with E-state index in [2.05, 4.69) is 18.4 Å². The minimum absolute atomic E-state index is 0.0248. The number of nitrogens with one attached hydrogen (secondary N) is 1. The number of carbonyl (C=O) groups is 2. The van der Waals surface area contributed by atoms with Crippen LogP contribution in [0.3, 0.4) is 0 Å². The molecule has 5 heteroatoms. The van der Waals surface area contributed by atoms with Crippen molar-refractivity contribution < 1.29 is 14.3 Å². The molecule has 3 rings (SSSR count). The number of carbonyl (C=O) groups excluding carboxylic acids is 2. The Morgan fingerprint density at radius 2 is 1.72 bits per heavy atom. The summed E-state index contributed by atoms with van der Waals surface area (Å²) < 4.78 is 5.27. The van der Waals surface area contributed by atoms with Crippen molar-refractivity contribution in [3.63, 3.8) is 0 Å². The molecule has 1 aliphatic rings. The molecule has 172 valence electrons. The van der Waals surface area contributed by atoms with Crippen LogP contribution in [0.15, 0.2) is 42.5 Å². The molecule has 2 amide bonds. The first kappa shape index (κ1) is 23.8. The predicted molar refractivity (Wildman–Crippen MR) is 128 cm³/mol. The Morgan fingerprint density at radius 3 is 2.34 bits per heavy atom. The predicted octanol–water partition coefficient (Wildman–Crippen LogP) is 5.85. The first-order chi connectivity index (χ1) is 15.4. The number of nitrogens with zero attached hydrogens (tertiary/aromatic N) is 1. The van der Waals surface area contributed by atoms with Gasteiger partial charge in [0.15, 0.2) is 0 Å². The monoisotopic (exact) mass is 436 g/mol. The molecule has 0 saturated heterocycles.